The lowest BCUT2D eigenvalue weighted by Crippen LogP contribution is -2.07. The van der Waals surface area contributed by atoms with E-state index in [1.165, 1.54) is 18.4 Å². The summed E-state index contributed by atoms with van der Waals surface area (Å²) >= 11 is 0. The number of sulfone groups is 1. The highest BCUT2D eigenvalue weighted by Gasteiger charge is 2.24. The van der Waals surface area contributed by atoms with Crippen molar-refractivity contribution in [2.75, 3.05) is 6.26 Å². The Hall–Kier alpha value is -3.32. The van der Waals surface area contributed by atoms with Gasteiger partial charge in [0.05, 0.1) is 11.3 Å². The molecule has 1 heterocycles. The first-order valence-corrected chi connectivity index (χ1v) is 10.9. The van der Waals surface area contributed by atoms with Crippen LogP contribution in [-0.2, 0) is 14.7 Å². The molecule has 0 bridgehead atoms. The maximum absolute atomic E-state index is 11.5. The second-order valence-corrected chi connectivity index (χ2v) is 8.63. The minimum absolute atomic E-state index is 0.241. The van der Waals surface area contributed by atoms with E-state index in [-0.39, 0.29) is 11.0 Å². The molecule has 0 unspecified atom stereocenters. The van der Waals surface area contributed by atoms with Crippen LogP contribution in [0.5, 0.6) is 17.2 Å². The molecule has 0 aromatic heterocycles. The molecule has 7 heteroatoms. The maximum Gasteiger partial charge on any atom is 0.235 e. The minimum atomic E-state index is -3.24. The molecular weight excluding hydrogens is 390 g/mol. The van der Waals surface area contributed by atoms with Crippen molar-refractivity contribution in [1.82, 2.24) is 0 Å². The predicted octanol–water partition coefficient (Wildman–Crippen LogP) is 4.74. The summed E-state index contributed by atoms with van der Waals surface area (Å²) in [6, 6.07) is 23.4. The van der Waals surface area contributed by atoms with Gasteiger partial charge in [-0.2, -0.15) is 0 Å². The summed E-state index contributed by atoms with van der Waals surface area (Å²) in [5, 5.41) is 4.00. The van der Waals surface area contributed by atoms with Crippen LogP contribution >= 0.6 is 0 Å². The van der Waals surface area contributed by atoms with Gasteiger partial charge in [0, 0.05) is 6.26 Å². The molecule has 0 N–H and O–H groups in total. The molecule has 1 aliphatic heterocycles. The molecule has 0 amide bonds. The molecule has 0 radical (unpaired) electrons. The highest BCUT2D eigenvalue weighted by Crippen LogP contribution is 2.30. The van der Waals surface area contributed by atoms with E-state index in [1.54, 1.807) is 12.1 Å². The Balaban J connectivity index is 1.35. The van der Waals surface area contributed by atoms with Crippen LogP contribution in [0.3, 0.4) is 0 Å². The van der Waals surface area contributed by atoms with Crippen LogP contribution in [0.15, 0.2) is 88.9 Å². The van der Waals surface area contributed by atoms with Crippen molar-refractivity contribution in [1.29, 1.82) is 0 Å². The summed E-state index contributed by atoms with van der Waals surface area (Å²) in [5.74, 6) is 2.46. The Bertz CT molecular complexity index is 1110. The summed E-state index contributed by atoms with van der Waals surface area (Å²) in [6.45, 7) is 0. The van der Waals surface area contributed by atoms with Crippen molar-refractivity contribution in [3.63, 3.8) is 0 Å². The van der Waals surface area contributed by atoms with Crippen LogP contribution in [0.2, 0.25) is 0 Å². The molecule has 0 aliphatic carbocycles. The van der Waals surface area contributed by atoms with E-state index in [1.807, 2.05) is 54.6 Å². The zero-order valence-electron chi connectivity index (χ0n) is 15.7. The Morgan fingerprint density at radius 1 is 0.828 bits per heavy atom. The van der Waals surface area contributed by atoms with Gasteiger partial charge >= 0.3 is 0 Å². The van der Waals surface area contributed by atoms with Gasteiger partial charge < -0.3 is 14.3 Å². The molecule has 148 valence electrons. The quantitative estimate of drug-likeness (QED) is 0.609. The molecule has 4 rings (SSSR count). The van der Waals surface area contributed by atoms with E-state index in [9.17, 15) is 8.42 Å². The fourth-order valence-corrected chi connectivity index (χ4v) is 3.49. The van der Waals surface area contributed by atoms with Crippen LogP contribution in [0, 0.1) is 0 Å². The molecular formula is C22H19NO5S. The lowest BCUT2D eigenvalue weighted by Gasteiger charge is -2.10. The van der Waals surface area contributed by atoms with Crippen LogP contribution in [0.1, 0.15) is 18.1 Å². The Labute approximate surface area is 169 Å². The average molecular weight is 409 g/mol. The first-order valence-electron chi connectivity index (χ1n) is 9.01. The van der Waals surface area contributed by atoms with Gasteiger partial charge in [0.15, 0.2) is 15.9 Å². The fraction of sp³-hybridized carbons (Fsp3) is 0.136. The number of hydrogen-bond donors (Lipinski definition) is 0. The fourth-order valence-electron chi connectivity index (χ4n) is 2.86. The van der Waals surface area contributed by atoms with Crippen LogP contribution in [-0.4, -0.2) is 20.6 Å². The third kappa shape index (κ3) is 4.75. The summed E-state index contributed by atoms with van der Waals surface area (Å²) in [5.41, 5.74) is 0.959. The van der Waals surface area contributed by atoms with Crippen molar-refractivity contribution in [2.45, 2.75) is 17.4 Å². The molecule has 0 saturated carbocycles. The third-order valence-electron chi connectivity index (χ3n) is 4.36. The topological polar surface area (TPSA) is 74.2 Å². The number of para-hydroxylation sites is 1. The van der Waals surface area contributed by atoms with Gasteiger partial charge in [-0.25, -0.2) is 8.42 Å². The first-order chi connectivity index (χ1) is 14.0. The highest BCUT2D eigenvalue weighted by atomic mass is 32.2. The van der Waals surface area contributed by atoms with Crippen molar-refractivity contribution in [3.8, 4) is 17.2 Å². The van der Waals surface area contributed by atoms with Gasteiger partial charge in [0.2, 0.25) is 5.90 Å². The zero-order chi connectivity index (χ0) is 20.3. The lowest BCUT2D eigenvalue weighted by molar-refractivity contribution is 0.0855. The monoisotopic (exact) mass is 409 g/mol. The smallest absolute Gasteiger partial charge is 0.235 e. The van der Waals surface area contributed by atoms with Crippen LogP contribution < -0.4 is 9.47 Å². The molecule has 3 aromatic rings. The second kappa shape index (κ2) is 7.97. The van der Waals surface area contributed by atoms with E-state index in [4.69, 9.17) is 14.3 Å². The number of ether oxygens (including phenoxy) is 2. The summed E-state index contributed by atoms with van der Waals surface area (Å²) in [4.78, 5) is 5.73. The molecule has 1 aliphatic rings. The Morgan fingerprint density at radius 3 is 2.07 bits per heavy atom. The van der Waals surface area contributed by atoms with E-state index in [0.717, 1.165) is 17.1 Å². The third-order valence-corrected chi connectivity index (χ3v) is 5.49. The van der Waals surface area contributed by atoms with Crippen molar-refractivity contribution in [3.05, 3.63) is 84.4 Å². The summed E-state index contributed by atoms with van der Waals surface area (Å²) in [6.07, 6.45) is 1.40. The van der Waals surface area contributed by atoms with Gasteiger partial charge in [-0.1, -0.05) is 35.5 Å². The van der Waals surface area contributed by atoms with Crippen molar-refractivity contribution >= 4 is 15.7 Å². The zero-order valence-corrected chi connectivity index (χ0v) is 16.5. The molecule has 0 fully saturated rings. The van der Waals surface area contributed by atoms with Crippen molar-refractivity contribution in [2.24, 2.45) is 5.16 Å². The van der Waals surface area contributed by atoms with E-state index in [2.05, 4.69) is 5.16 Å². The molecule has 0 saturated heterocycles. The van der Waals surface area contributed by atoms with E-state index in [0.29, 0.717) is 18.1 Å². The molecule has 0 spiro atoms. The van der Waals surface area contributed by atoms with Gasteiger partial charge in [0.25, 0.3) is 0 Å². The van der Waals surface area contributed by atoms with Crippen LogP contribution in [0.4, 0.5) is 0 Å². The first kappa shape index (κ1) is 19.0. The number of rotatable bonds is 5. The van der Waals surface area contributed by atoms with Gasteiger partial charge in [-0.15, -0.1) is 0 Å². The van der Waals surface area contributed by atoms with Gasteiger partial charge in [0.1, 0.15) is 17.2 Å². The number of benzene rings is 3. The van der Waals surface area contributed by atoms with E-state index < -0.39 is 9.84 Å². The summed E-state index contributed by atoms with van der Waals surface area (Å²) in [7, 11) is -3.24. The minimum Gasteiger partial charge on any atom is -0.457 e. The second-order valence-electron chi connectivity index (χ2n) is 6.61. The number of nitrogens with zero attached hydrogens (tertiary/aromatic N) is 1. The van der Waals surface area contributed by atoms with Gasteiger partial charge in [-0.05, 0) is 54.1 Å². The van der Waals surface area contributed by atoms with E-state index >= 15 is 0 Å². The molecule has 3 aromatic carbocycles. The average Bonchev–Trinajstić information content (AvgIpc) is 3.17. The van der Waals surface area contributed by atoms with Gasteiger partial charge in [-0.3, -0.25) is 0 Å². The molecule has 1 atom stereocenters. The largest absolute Gasteiger partial charge is 0.457 e. The molecule has 6 nitrogen and oxygen atoms in total. The van der Waals surface area contributed by atoms with Crippen molar-refractivity contribution < 1.29 is 22.7 Å². The summed E-state index contributed by atoms with van der Waals surface area (Å²) < 4.78 is 34.5. The Kier molecular flexibility index (Phi) is 5.22. The standard InChI is InChI=1S/C22H19NO5S/c1-29(24,25)20-13-11-19(12-14-20)27-22-15-21(28-23-22)16-7-9-18(10-8-16)26-17-5-3-2-4-6-17/h2-14,21H,15H2,1H3/t21-/m1/s1. The highest BCUT2D eigenvalue weighted by molar-refractivity contribution is 7.90. The number of oxime groups is 1. The lowest BCUT2D eigenvalue weighted by atomic mass is 10.1. The SMILES string of the molecule is CS(=O)(=O)c1ccc(OC2=NO[C@@H](c3ccc(Oc4ccccc4)cc3)C2)cc1. The van der Waals surface area contributed by atoms with Crippen LogP contribution in [0.25, 0.3) is 0 Å². The normalized spacial score (nSPS) is 16.0. The number of hydrogen-bond acceptors (Lipinski definition) is 6. The molecule has 29 heavy (non-hydrogen) atoms. The maximum atomic E-state index is 11.5. The predicted molar refractivity (Wildman–Crippen MR) is 109 cm³/mol. The Morgan fingerprint density at radius 2 is 1.41 bits per heavy atom.